The first-order chi connectivity index (χ1) is 5.22. The summed E-state index contributed by atoms with van der Waals surface area (Å²) in [6.45, 7) is 1.99. The van der Waals surface area contributed by atoms with E-state index in [2.05, 4.69) is 0 Å². The van der Waals surface area contributed by atoms with Crippen molar-refractivity contribution in [1.29, 1.82) is 0 Å². The van der Waals surface area contributed by atoms with Crippen LogP contribution in [0.3, 0.4) is 0 Å². The number of unbranched alkanes of at least 4 members (excludes halogenated alkanes) is 1. The molecule has 0 saturated heterocycles. The van der Waals surface area contributed by atoms with Gasteiger partial charge in [-0.15, -0.1) is 0 Å². The van der Waals surface area contributed by atoms with Crippen LogP contribution in [0.15, 0.2) is 0 Å². The molecular weight excluding hydrogens is 164 g/mol. The van der Waals surface area contributed by atoms with Crippen LogP contribution in [0.5, 0.6) is 0 Å². The van der Waals surface area contributed by atoms with Crippen molar-refractivity contribution in [3.8, 4) is 0 Å². The average molecular weight is 180 g/mol. The van der Waals surface area contributed by atoms with Gasteiger partial charge in [0.05, 0.1) is 5.25 Å². The highest BCUT2D eigenvalue weighted by Crippen LogP contribution is 2.06. The molecule has 0 fully saturated rings. The van der Waals surface area contributed by atoms with Crippen molar-refractivity contribution < 1.29 is 13.5 Å². The average Bonchev–Trinajstić information content (AvgIpc) is 1.97. The summed E-state index contributed by atoms with van der Waals surface area (Å²) in [5.41, 5.74) is 0. The topological polar surface area (TPSA) is 54.4 Å². The smallest absolute Gasteiger partial charge is 0.143 e. The van der Waals surface area contributed by atoms with Gasteiger partial charge in [0.25, 0.3) is 0 Å². The predicted molar refractivity (Wildman–Crippen MR) is 45.3 cm³/mol. The summed E-state index contributed by atoms with van der Waals surface area (Å²) in [5, 5.41) is 8.21. The minimum absolute atomic E-state index is 0.0301. The third kappa shape index (κ3) is 5.21. The number of hydrogen-bond donors (Lipinski definition) is 2. The third-order valence-corrected chi connectivity index (χ3v) is 2.76. The SMILES string of the molecule is CCCCC(CCO)[SH](=O)=O. The Morgan fingerprint density at radius 1 is 1.36 bits per heavy atom. The lowest BCUT2D eigenvalue weighted by molar-refractivity contribution is 0.283. The van der Waals surface area contributed by atoms with Gasteiger partial charge in [-0.2, -0.15) is 0 Å². The molecule has 0 rings (SSSR count). The summed E-state index contributed by atoms with van der Waals surface area (Å²) in [7, 11) is -2.34. The number of rotatable bonds is 6. The van der Waals surface area contributed by atoms with Gasteiger partial charge < -0.3 is 5.11 Å². The van der Waals surface area contributed by atoms with Crippen molar-refractivity contribution in [1.82, 2.24) is 0 Å². The maximum absolute atomic E-state index is 10.5. The van der Waals surface area contributed by atoms with Crippen LogP contribution in [-0.2, 0) is 10.7 Å². The molecule has 1 unspecified atom stereocenters. The van der Waals surface area contributed by atoms with E-state index in [-0.39, 0.29) is 11.9 Å². The second-order valence-corrected chi connectivity index (χ2v) is 3.89. The zero-order valence-electron chi connectivity index (χ0n) is 6.82. The lowest BCUT2D eigenvalue weighted by Crippen LogP contribution is -2.11. The van der Waals surface area contributed by atoms with Crippen molar-refractivity contribution in [3.05, 3.63) is 0 Å². The maximum atomic E-state index is 10.5. The highest BCUT2D eigenvalue weighted by molar-refractivity contribution is 7.73. The third-order valence-electron chi connectivity index (χ3n) is 1.65. The minimum atomic E-state index is -2.34. The van der Waals surface area contributed by atoms with E-state index in [0.717, 1.165) is 12.8 Å². The fourth-order valence-electron chi connectivity index (χ4n) is 0.944. The van der Waals surface area contributed by atoms with E-state index in [1.54, 1.807) is 0 Å². The normalized spacial score (nSPS) is 13.7. The fourth-order valence-corrected chi connectivity index (χ4v) is 1.66. The lowest BCUT2D eigenvalue weighted by atomic mass is 10.1. The Morgan fingerprint density at radius 2 is 2.00 bits per heavy atom. The van der Waals surface area contributed by atoms with Gasteiger partial charge in [-0.1, -0.05) is 19.8 Å². The van der Waals surface area contributed by atoms with Gasteiger partial charge in [-0.05, 0) is 12.8 Å². The van der Waals surface area contributed by atoms with E-state index < -0.39 is 10.7 Å². The summed E-state index contributed by atoms with van der Waals surface area (Å²) < 4.78 is 21.0. The van der Waals surface area contributed by atoms with Crippen molar-refractivity contribution in [2.24, 2.45) is 0 Å². The largest absolute Gasteiger partial charge is 0.396 e. The molecule has 0 aliphatic heterocycles. The van der Waals surface area contributed by atoms with E-state index in [1.807, 2.05) is 6.92 Å². The van der Waals surface area contributed by atoms with Crippen LogP contribution in [0.1, 0.15) is 32.6 Å². The van der Waals surface area contributed by atoms with Crippen LogP contribution >= 0.6 is 0 Å². The van der Waals surface area contributed by atoms with Crippen LogP contribution in [-0.4, -0.2) is 25.4 Å². The van der Waals surface area contributed by atoms with Gasteiger partial charge in [0.2, 0.25) is 0 Å². The van der Waals surface area contributed by atoms with E-state index >= 15 is 0 Å². The summed E-state index contributed by atoms with van der Waals surface area (Å²) >= 11 is 0. The fraction of sp³-hybridized carbons (Fsp3) is 1.00. The highest BCUT2D eigenvalue weighted by atomic mass is 32.2. The predicted octanol–water partition coefficient (Wildman–Crippen LogP) is 0.539. The Bertz CT molecular complexity index is 146. The standard InChI is InChI=1S/C7H16O3S/c1-2-3-4-7(5-6-8)11(9)10/h7-8,11H,2-6H2,1H3. The van der Waals surface area contributed by atoms with Crippen LogP contribution in [0.4, 0.5) is 0 Å². The molecule has 3 nitrogen and oxygen atoms in total. The number of aliphatic hydroxyl groups is 1. The van der Waals surface area contributed by atoms with Crippen LogP contribution in [0.25, 0.3) is 0 Å². The first-order valence-electron chi connectivity index (χ1n) is 3.96. The van der Waals surface area contributed by atoms with E-state index in [9.17, 15) is 8.42 Å². The Morgan fingerprint density at radius 3 is 2.36 bits per heavy atom. The molecule has 0 amide bonds. The van der Waals surface area contributed by atoms with Crippen molar-refractivity contribution in [3.63, 3.8) is 0 Å². The molecule has 0 aromatic carbocycles. The molecule has 0 radical (unpaired) electrons. The summed E-state index contributed by atoms with van der Waals surface area (Å²) in [5.74, 6) is 0. The Kier molecular flexibility index (Phi) is 6.56. The second kappa shape index (κ2) is 6.61. The summed E-state index contributed by atoms with van der Waals surface area (Å²) in [6.07, 6.45) is 3.01. The maximum Gasteiger partial charge on any atom is 0.143 e. The first-order valence-corrected chi connectivity index (χ1v) is 5.21. The van der Waals surface area contributed by atoms with Crippen molar-refractivity contribution in [2.45, 2.75) is 37.9 Å². The second-order valence-electron chi connectivity index (χ2n) is 2.59. The Balaban J connectivity index is 3.70. The minimum Gasteiger partial charge on any atom is -0.396 e. The quantitative estimate of drug-likeness (QED) is 0.587. The van der Waals surface area contributed by atoms with Gasteiger partial charge in [0.1, 0.15) is 10.7 Å². The lowest BCUT2D eigenvalue weighted by Gasteiger charge is -2.06. The van der Waals surface area contributed by atoms with Gasteiger partial charge in [-0.25, -0.2) is 8.42 Å². The zero-order chi connectivity index (χ0) is 8.69. The molecule has 11 heavy (non-hydrogen) atoms. The summed E-state index contributed by atoms with van der Waals surface area (Å²) in [4.78, 5) is 0. The molecule has 4 heteroatoms. The number of aliphatic hydroxyl groups excluding tert-OH is 1. The Labute approximate surface area is 69.4 Å². The van der Waals surface area contributed by atoms with Crippen LogP contribution in [0, 0.1) is 0 Å². The number of thiol groups is 1. The molecule has 1 atom stereocenters. The van der Waals surface area contributed by atoms with E-state index in [1.165, 1.54) is 0 Å². The molecule has 0 aliphatic rings. The van der Waals surface area contributed by atoms with Gasteiger partial charge in [-0.3, -0.25) is 0 Å². The molecule has 0 aromatic heterocycles. The van der Waals surface area contributed by atoms with Crippen molar-refractivity contribution in [2.75, 3.05) is 6.61 Å². The molecule has 0 saturated carbocycles. The van der Waals surface area contributed by atoms with Crippen LogP contribution in [0.2, 0.25) is 0 Å². The molecule has 0 bridgehead atoms. The Hall–Kier alpha value is -0.0900. The molecular formula is C7H16O3S. The number of hydrogen-bond acceptors (Lipinski definition) is 3. The van der Waals surface area contributed by atoms with Gasteiger partial charge in [0.15, 0.2) is 0 Å². The molecule has 68 valence electrons. The highest BCUT2D eigenvalue weighted by Gasteiger charge is 2.09. The van der Waals surface area contributed by atoms with Crippen molar-refractivity contribution >= 4 is 10.7 Å². The molecule has 0 aromatic rings. The van der Waals surface area contributed by atoms with Crippen LogP contribution < -0.4 is 0 Å². The van der Waals surface area contributed by atoms with E-state index in [4.69, 9.17) is 5.11 Å². The summed E-state index contributed by atoms with van der Waals surface area (Å²) in [6, 6.07) is 0. The first kappa shape index (κ1) is 10.9. The van der Waals surface area contributed by atoms with Gasteiger partial charge >= 0.3 is 0 Å². The van der Waals surface area contributed by atoms with Gasteiger partial charge in [0, 0.05) is 6.61 Å². The monoisotopic (exact) mass is 180 g/mol. The molecule has 1 N–H and O–H groups in total. The zero-order valence-corrected chi connectivity index (χ0v) is 7.72. The molecule has 0 heterocycles. The molecule has 0 aliphatic carbocycles. The molecule has 0 spiro atoms. The van der Waals surface area contributed by atoms with E-state index in [0.29, 0.717) is 12.8 Å².